The third-order valence-corrected chi connectivity index (χ3v) is 4.41. The fourth-order valence-corrected chi connectivity index (χ4v) is 2.91. The number of aryl methyl sites for hydroxylation is 1. The molecular formula is C16H22O2. The van der Waals surface area contributed by atoms with Gasteiger partial charge in [-0.3, -0.25) is 4.79 Å². The second kappa shape index (κ2) is 5.13. The molecule has 0 amide bonds. The van der Waals surface area contributed by atoms with Crippen LogP contribution in [-0.2, 0) is 4.79 Å². The number of rotatable bonds is 5. The van der Waals surface area contributed by atoms with Gasteiger partial charge in [-0.25, -0.2) is 0 Å². The first-order chi connectivity index (χ1) is 8.54. The van der Waals surface area contributed by atoms with E-state index in [0.29, 0.717) is 11.8 Å². The standard InChI is InChI=1S/C16H22O2/c1-4-12(8-13-9-15(13)16(17)18)14-7-5-6-10(2)11(14)3/h5-7,12-13,15H,4,8-9H2,1-3H3,(H,17,18). The molecule has 1 aliphatic rings. The van der Waals surface area contributed by atoms with Crippen molar-refractivity contribution in [3.05, 3.63) is 34.9 Å². The summed E-state index contributed by atoms with van der Waals surface area (Å²) in [7, 11) is 0. The smallest absolute Gasteiger partial charge is 0.306 e. The zero-order chi connectivity index (χ0) is 13.3. The average molecular weight is 246 g/mol. The fourth-order valence-electron chi connectivity index (χ4n) is 2.91. The molecule has 1 fully saturated rings. The predicted molar refractivity (Wildman–Crippen MR) is 72.8 cm³/mol. The van der Waals surface area contributed by atoms with E-state index in [0.717, 1.165) is 19.3 Å². The zero-order valence-electron chi connectivity index (χ0n) is 11.4. The van der Waals surface area contributed by atoms with Gasteiger partial charge < -0.3 is 5.11 Å². The quantitative estimate of drug-likeness (QED) is 0.855. The molecule has 3 unspecified atom stereocenters. The maximum atomic E-state index is 10.9. The van der Waals surface area contributed by atoms with Gasteiger partial charge in [0.05, 0.1) is 5.92 Å². The van der Waals surface area contributed by atoms with Crippen LogP contribution in [0.1, 0.15) is 48.8 Å². The molecule has 0 spiro atoms. The average Bonchev–Trinajstić information content (AvgIpc) is 3.09. The van der Waals surface area contributed by atoms with E-state index in [4.69, 9.17) is 5.11 Å². The summed E-state index contributed by atoms with van der Waals surface area (Å²) in [6.07, 6.45) is 2.99. The van der Waals surface area contributed by atoms with Gasteiger partial charge >= 0.3 is 5.97 Å². The summed E-state index contributed by atoms with van der Waals surface area (Å²) >= 11 is 0. The molecule has 0 aliphatic heterocycles. The zero-order valence-corrected chi connectivity index (χ0v) is 11.4. The minimum absolute atomic E-state index is 0.0795. The highest BCUT2D eigenvalue weighted by Crippen LogP contribution is 2.46. The number of carboxylic acids is 1. The molecule has 1 aliphatic carbocycles. The van der Waals surface area contributed by atoms with Gasteiger partial charge in [0.15, 0.2) is 0 Å². The molecule has 0 aromatic heterocycles. The first-order valence-electron chi connectivity index (χ1n) is 6.83. The first-order valence-corrected chi connectivity index (χ1v) is 6.83. The molecule has 1 saturated carbocycles. The third-order valence-electron chi connectivity index (χ3n) is 4.41. The molecule has 0 heterocycles. The second-order valence-electron chi connectivity index (χ2n) is 5.57. The van der Waals surface area contributed by atoms with Crippen molar-refractivity contribution in [1.29, 1.82) is 0 Å². The summed E-state index contributed by atoms with van der Waals surface area (Å²) in [5.41, 5.74) is 4.11. The molecular weight excluding hydrogens is 224 g/mol. The first kappa shape index (κ1) is 13.1. The van der Waals surface area contributed by atoms with E-state index >= 15 is 0 Å². The lowest BCUT2D eigenvalue weighted by Gasteiger charge is -2.19. The van der Waals surface area contributed by atoms with Gasteiger partial charge in [-0.05, 0) is 61.6 Å². The Balaban J connectivity index is 2.10. The van der Waals surface area contributed by atoms with E-state index < -0.39 is 5.97 Å². The molecule has 0 bridgehead atoms. The van der Waals surface area contributed by atoms with E-state index in [9.17, 15) is 4.79 Å². The van der Waals surface area contributed by atoms with Crippen LogP contribution in [0, 0.1) is 25.7 Å². The number of hydrogen-bond donors (Lipinski definition) is 1. The molecule has 3 atom stereocenters. The topological polar surface area (TPSA) is 37.3 Å². The van der Waals surface area contributed by atoms with Crippen molar-refractivity contribution >= 4 is 5.97 Å². The Bertz CT molecular complexity index is 450. The highest BCUT2D eigenvalue weighted by molar-refractivity contribution is 5.73. The SMILES string of the molecule is CCC(CC1CC1C(=O)O)c1cccc(C)c1C. The van der Waals surface area contributed by atoms with Crippen molar-refractivity contribution in [1.82, 2.24) is 0 Å². The molecule has 2 heteroatoms. The van der Waals surface area contributed by atoms with Gasteiger partial charge in [-0.1, -0.05) is 25.1 Å². The van der Waals surface area contributed by atoms with Crippen LogP contribution < -0.4 is 0 Å². The largest absolute Gasteiger partial charge is 0.481 e. The van der Waals surface area contributed by atoms with Gasteiger partial charge in [-0.2, -0.15) is 0 Å². The van der Waals surface area contributed by atoms with E-state index in [2.05, 4.69) is 39.0 Å². The molecule has 18 heavy (non-hydrogen) atoms. The highest BCUT2D eigenvalue weighted by atomic mass is 16.4. The molecule has 2 rings (SSSR count). The summed E-state index contributed by atoms with van der Waals surface area (Å²) in [5.74, 6) is 0.214. The number of hydrogen-bond acceptors (Lipinski definition) is 1. The Kier molecular flexibility index (Phi) is 3.74. The molecule has 2 nitrogen and oxygen atoms in total. The monoisotopic (exact) mass is 246 g/mol. The number of carboxylic acid groups (broad SMARTS) is 1. The lowest BCUT2D eigenvalue weighted by molar-refractivity contribution is -0.138. The lowest BCUT2D eigenvalue weighted by atomic mass is 9.86. The maximum Gasteiger partial charge on any atom is 0.306 e. The molecule has 1 aromatic rings. The van der Waals surface area contributed by atoms with Crippen molar-refractivity contribution in [3.63, 3.8) is 0 Å². The Labute approximate surface area is 109 Å². The molecule has 1 aromatic carbocycles. The maximum absolute atomic E-state index is 10.9. The van der Waals surface area contributed by atoms with E-state index in [1.54, 1.807) is 0 Å². The molecule has 0 radical (unpaired) electrons. The lowest BCUT2D eigenvalue weighted by Crippen LogP contribution is -2.05. The summed E-state index contributed by atoms with van der Waals surface area (Å²) in [5, 5.41) is 8.98. The molecule has 1 N–H and O–H groups in total. The number of benzene rings is 1. The Morgan fingerprint density at radius 3 is 2.72 bits per heavy atom. The highest BCUT2D eigenvalue weighted by Gasteiger charge is 2.43. The Morgan fingerprint density at radius 1 is 1.44 bits per heavy atom. The van der Waals surface area contributed by atoms with Gasteiger partial charge in [0.2, 0.25) is 0 Å². The van der Waals surface area contributed by atoms with Gasteiger partial charge in [-0.15, -0.1) is 0 Å². The van der Waals surface area contributed by atoms with Crippen molar-refractivity contribution in [3.8, 4) is 0 Å². The van der Waals surface area contributed by atoms with Crippen LogP contribution >= 0.6 is 0 Å². The minimum atomic E-state index is -0.615. The number of aliphatic carboxylic acids is 1. The van der Waals surface area contributed by atoms with Crippen LogP contribution in [-0.4, -0.2) is 11.1 Å². The van der Waals surface area contributed by atoms with Crippen molar-refractivity contribution < 1.29 is 9.90 Å². The summed E-state index contributed by atoms with van der Waals surface area (Å²) < 4.78 is 0. The summed E-state index contributed by atoms with van der Waals surface area (Å²) in [4.78, 5) is 10.9. The van der Waals surface area contributed by atoms with Crippen LogP contribution in [0.3, 0.4) is 0 Å². The van der Waals surface area contributed by atoms with Crippen molar-refractivity contribution in [2.24, 2.45) is 11.8 Å². The second-order valence-corrected chi connectivity index (χ2v) is 5.57. The van der Waals surface area contributed by atoms with E-state index in [-0.39, 0.29) is 5.92 Å². The Hall–Kier alpha value is -1.31. The minimum Gasteiger partial charge on any atom is -0.481 e. The van der Waals surface area contributed by atoms with Gasteiger partial charge in [0.1, 0.15) is 0 Å². The van der Waals surface area contributed by atoms with E-state index in [1.807, 2.05) is 0 Å². The van der Waals surface area contributed by atoms with Crippen molar-refractivity contribution in [2.45, 2.75) is 46.0 Å². The Morgan fingerprint density at radius 2 is 2.17 bits per heavy atom. The van der Waals surface area contributed by atoms with Crippen LogP contribution in [0.5, 0.6) is 0 Å². The van der Waals surface area contributed by atoms with E-state index in [1.165, 1.54) is 16.7 Å². The third kappa shape index (κ3) is 2.58. The van der Waals surface area contributed by atoms with Crippen LogP contribution in [0.15, 0.2) is 18.2 Å². The van der Waals surface area contributed by atoms with Gasteiger partial charge in [0.25, 0.3) is 0 Å². The van der Waals surface area contributed by atoms with Crippen LogP contribution in [0.2, 0.25) is 0 Å². The van der Waals surface area contributed by atoms with Crippen LogP contribution in [0.25, 0.3) is 0 Å². The summed E-state index contributed by atoms with van der Waals surface area (Å²) in [6.45, 7) is 6.52. The van der Waals surface area contributed by atoms with Gasteiger partial charge in [0, 0.05) is 0 Å². The molecule has 98 valence electrons. The normalized spacial score (nSPS) is 23.7. The number of carbonyl (C=O) groups is 1. The predicted octanol–water partition coefficient (Wildman–Crippen LogP) is 3.91. The fraction of sp³-hybridized carbons (Fsp3) is 0.562. The molecule has 0 saturated heterocycles. The van der Waals surface area contributed by atoms with Crippen molar-refractivity contribution in [2.75, 3.05) is 0 Å². The van der Waals surface area contributed by atoms with Crippen LogP contribution in [0.4, 0.5) is 0 Å². The summed E-state index contributed by atoms with van der Waals surface area (Å²) in [6, 6.07) is 6.46.